The van der Waals surface area contributed by atoms with Gasteiger partial charge < -0.3 is 4.74 Å². The fraction of sp³-hybridized carbons (Fsp3) is 0.231. The first-order chi connectivity index (χ1) is 8.63. The Morgan fingerprint density at radius 2 is 2.28 bits per heavy atom. The Morgan fingerprint density at radius 1 is 1.50 bits per heavy atom. The van der Waals surface area contributed by atoms with Crippen LogP contribution in [0.15, 0.2) is 28.7 Å². The molecule has 0 radical (unpaired) electrons. The second-order valence-corrected chi connectivity index (χ2v) is 4.72. The Balaban J connectivity index is 2.50. The van der Waals surface area contributed by atoms with Crippen LogP contribution in [-0.4, -0.2) is 22.8 Å². The third kappa shape index (κ3) is 2.46. The van der Waals surface area contributed by atoms with E-state index in [1.165, 1.54) is 0 Å². The highest BCUT2D eigenvalue weighted by Crippen LogP contribution is 2.28. The van der Waals surface area contributed by atoms with E-state index >= 15 is 0 Å². The average Bonchev–Trinajstić information content (AvgIpc) is 2.71. The molecule has 2 rings (SSSR count). The Kier molecular flexibility index (Phi) is 3.81. The first-order valence-corrected chi connectivity index (χ1v) is 6.40. The Morgan fingerprint density at radius 3 is 2.94 bits per heavy atom. The highest BCUT2D eigenvalue weighted by molar-refractivity contribution is 9.10. The van der Waals surface area contributed by atoms with Gasteiger partial charge in [0.25, 0.3) is 0 Å². The van der Waals surface area contributed by atoms with Gasteiger partial charge in [-0.15, -0.1) is 0 Å². The number of hydrogen-bond donors (Lipinski definition) is 1. The normalized spacial score (nSPS) is 10.4. The van der Waals surface area contributed by atoms with Gasteiger partial charge in [0.2, 0.25) is 0 Å². The number of aromatic amines is 1. The van der Waals surface area contributed by atoms with Crippen molar-refractivity contribution in [3.63, 3.8) is 0 Å². The topological polar surface area (TPSA) is 55.0 Å². The van der Waals surface area contributed by atoms with Gasteiger partial charge in [0, 0.05) is 15.7 Å². The molecular formula is C13H13BrN2O2. The van der Waals surface area contributed by atoms with E-state index in [2.05, 4.69) is 26.1 Å². The zero-order valence-corrected chi connectivity index (χ0v) is 11.7. The molecule has 0 saturated heterocycles. The summed E-state index contributed by atoms with van der Waals surface area (Å²) in [5.41, 5.74) is 2.89. The number of rotatable bonds is 3. The third-order valence-electron chi connectivity index (χ3n) is 2.53. The molecule has 0 fully saturated rings. The molecule has 1 heterocycles. The molecule has 0 aliphatic rings. The van der Waals surface area contributed by atoms with Gasteiger partial charge in [-0.1, -0.05) is 28.1 Å². The summed E-state index contributed by atoms with van der Waals surface area (Å²) >= 11 is 3.42. The van der Waals surface area contributed by atoms with Crippen LogP contribution in [0, 0.1) is 6.92 Å². The number of aromatic nitrogens is 2. The summed E-state index contributed by atoms with van der Waals surface area (Å²) < 4.78 is 5.95. The third-order valence-corrected chi connectivity index (χ3v) is 3.02. The first-order valence-electron chi connectivity index (χ1n) is 5.61. The fourth-order valence-corrected chi connectivity index (χ4v) is 2.17. The minimum absolute atomic E-state index is 0.326. The van der Waals surface area contributed by atoms with E-state index in [1.54, 1.807) is 6.92 Å². The number of benzene rings is 1. The lowest BCUT2D eigenvalue weighted by molar-refractivity contribution is 0.0520. The van der Waals surface area contributed by atoms with Crippen molar-refractivity contribution in [1.82, 2.24) is 10.2 Å². The van der Waals surface area contributed by atoms with Crippen LogP contribution in [0.1, 0.15) is 23.1 Å². The van der Waals surface area contributed by atoms with Crippen molar-refractivity contribution >= 4 is 21.9 Å². The van der Waals surface area contributed by atoms with Gasteiger partial charge in [-0.05, 0) is 31.5 Å². The number of nitrogens with zero attached hydrogens (tertiary/aromatic N) is 1. The van der Waals surface area contributed by atoms with Crippen molar-refractivity contribution in [3.05, 3.63) is 40.1 Å². The average molecular weight is 309 g/mol. The Labute approximate surface area is 113 Å². The molecule has 1 aromatic carbocycles. The molecule has 94 valence electrons. The lowest BCUT2D eigenvalue weighted by Crippen LogP contribution is -2.06. The van der Waals surface area contributed by atoms with E-state index < -0.39 is 5.97 Å². The van der Waals surface area contributed by atoms with Gasteiger partial charge in [0.1, 0.15) is 0 Å². The molecule has 0 bridgehead atoms. The molecule has 4 nitrogen and oxygen atoms in total. The molecule has 0 aliphatic heterocycles. The molecular weight excluding hydrogens is 296 g/mol. The highest BCUT2D eigenvalue weighted by Gasteiger charge is 2.20. The summed E-state index contributed by atoms with van der Waals surface area (Å²) in [4.78, 5) is 11.8. The van der Waals surface area contributed by atoms with Crippen LogP contribution in [-0.2, 0) is 4.74 Å². The van der Waals surface area contributed by atoms with Crippen molar-refractivity contribution in [2.75, 3.05) is 6.61 Å². The number of aryl methyl sites for hydroxylation is 1. The first kappa shape index (κ1) is 12.8. The number of carbonyl (C=O) groups is 1. The van der Waals surface area contributed by atoms with Gasteiger partial charge in [0.15, 0.2) is 5.69 Å². The quantitative estimate of drug-likeness (QED) is 0.885. The van der Waals surface area contributed by atoms with Gasteiger partial charge in [-0.2, -0.15) is 5.10 Å². The van der Waals surface area contributed by atoms with E-state index in [0.29, 0.717) is 12.3 Å². The summed E-state index contributed by atoms with van der Waals surface area (Å²) in [6, 6.07) is 7.73. The van der Waals surface area contributed by atoms with Crippen LogP contribution in [0.25, 0.3) is 11.1 Å². The van der Waals surface area contributed by atoms with Gasteiger partial charge in [-0.25, -0.2) is 4.79 Å². The maximum Gasteiger partial charge on any atom is 0.359 e. The maximum absolute atomic E-state index is 11.8. The van der Waals surface area contributed by atoms with E-state index in [4.69, 9.17) is 4.74 Å². The van der Waals surface area contributed by atoms with Gasteiger partial charge >= 0.3 is 5.97 Å². The SMILES string of the molecule is CCOC(=O)c1n[nH]c(C)c1-c1cccc(Br)c1. The number of H-pyrrole nitrogens is 1. The van der Waals surface area contributed by atoms with Crippen LogP contribution < -0.4 is 0 Å². The number of halogens is 1. The van der Waals surface area contributed by atoms with Crippen LogP contribution in [0.4, 0.5) is 0 Å². The zero-order valence-electron chi connectivity index (χ0n) is 10.2. The maximum atomic E-state index is 11.8. The van der Waals surface area contributed by atoms with Crippen molar-refractivity contribution in [3.8, 4) is 11.1 Å². The molecule has 1 aromatic heterocycles. The number of ether oxygens (including phenoxy) is 1. The van der Waals surface area contributed by atoms with Crippen LogP contribution in [0.3, 0.4) is 0 Å². The monoisotopic (exact) mass is 308 g/mol. The van der Waals surface area contributed by atoms with Crippen molar-refractivity contribution in [2.24, 2.45) is 0 Å². The number of nitrogens with one attached hydrogen (secondary N) is 1. The summed E-state index contributed by atoms with van der Waals surface area (Å²) in [6.45, 7) is 3.99. The van der Waals surface area contributed by atoms with Crippen molar-refractivity contribution in [1.29, 1.82) is 0 Å². The largest absolute Gasteiger partial charge is 0.461 e. The molecule has 0 aliphatic carbocycles. The summed E-state index contributed by atoms with van der Waals surface area (Å²) in [5, 5.41) is 6.85. The van der Waals surface area contributed by atoms with Crippen molar-refractivity contribution in [2.45, 2.75) is 13.8 Å². The van der Waals surface area contributed by atoms with E-state index in [1.807, 2.05) is 31.2 Å². The Hall–Kier alpha value is -1.62. The second-order valence-electron chi connectivity index (χ2n) is 3.80. The van der Waals surface area contributed by atoms with E-state index in [9.17, 15) is 4.79 Å². The lowest BCUT2D eigenvalue weighted by atomic mass is 10.0. The Bertz CT molecular complexity index is 578. The number of esters is 1. The molecule has 2 aromatic rings. The van der Waals surface area contributed by atoms with E-state index in [0.717, 1.165) is 21.3 Å². The summed E-state index contributed by atoms with van der Waals surface area (Å²) in [6.07, 6.45) is 0. The highest BCUT2D eigenvalue weighted by atomic mass is 79.9. The lowest BCUT2D eigenvalue weighted by Gasteiger charge is -2.04. The minimum atomic E-state index is -0.406. The fourth-order valence-electron chi connectivity index (χ4n) is 1.77. The van der Waals surface area contributed by atoms with Crippen LogP contribution >= 0.6 is 15.9 Å². The predicted octanol–water partition coefficient (Wildman–Crippen LogP) is 3.32. The number of hydrogen-bond acceptors (Lipinski definition) is 3. The molecule has 0 saturated carbocycles. The second kappa shape index (κ2) is 5.35. The predicted molar refractivity (Wildman–Crippen MR) is 72.4 cm³/mol. The van der Waals surface area contributed by atoms with Crippen LogP contribution in [0.2, 0.25) is 0 Å². The van der Waals surface area contributed by atoms with Crippen LogP contribution in [0.5, 0.6) is 0 Å². The molecule has 0 unspecified atom stereocenters. The molecule has 0 atom stereocenters. The molecule has 5 heteroatoms. The molecule has 0 amide bonds. The van der Waals surface area contributed by atoms with Gasteiger partial charge in [0.05, 0.1) is 6.61 Å². The zero-order chi connectivity index (χ0) is 13.1. The molecule has 0 spiro atoms. The smallest absolute Gasteiger partial charge is 0.359 e. The number of carbonyl (C=O) groups excluding carboxylic acids is 1. The summed E-state index contributed by atoms with van der Waals surface area (Å²) in [7, 11) is 0. The standard InChI is InChI=1S/C13H13BrN2O2/c1-3-18-13(17)12-11(8(2)15-16-12)9-5-4-6-10(14)7-9/h4-7H,3H2,1-2H3,(H,15,16). The van der Waals surface area contributed by atoms with E-state index in [-0.39, 0.29) is 0 Å². The minimum Gasteiger partial charge on any atom is -0.461 e. The van der Waals surface area contributed by atoms with Crippen molar-refractivity contribution < 1.29 is 9.53 Å². The molecule has 1 N–H and O–H groups in total. The summed E-state index contributed by atoms with van der Waals surface area (Å²) in [5.74, 6) is -0.406. The molecule has 18 heavy (non-hydrogen) atoms. The van der Waals surface area contributed by atoms with Gasteiger partial charge in [-0.3, -0.25) is 5.10 Å².